The van der Waals surface area contributed by atoms with Gasteiger partial charge in [-0.05, 0) is 40.8 Å². The standard InChI is InChI=1S/C17H38N2/c1-7-9-11-13-16(14-12-10-8-2)18-15-17(3,4)19(5)6/h16,18H,7-15H2,1-6H3. The molecular formula is C17H38N2. The number of nitrogens with zero attached hydrogens (tertiary/aromatic N) is 1. The van der Waals surface area contributed by atoms with E-state index in [-0.39, 0.29) is 5.54 Å². The molecule has 19 heavy (non-hydrogen) atoms. The van der Waals surface area contributed by atoms with E-state index < -0.39 is 0 Å². The number of hydrogen-bond donors (Lipinski definition) is 1. The Bertz CT molecular complexity index is 189. The van der Waals surface area contributed by atoms with E-state index >= 15 is 0 Å². The van der Waals surface area contributed by atoms with Crippen molar-refractivity contribution in [3.63, 3.8) is 0 Å². The van der Waals surface area contributed by atoms with Gasteiger partial charge in [-0.25, -0.2) is 0 Å². The quantitative estimate of drug-likeness (QED) is 0.527. The predicted molar refractivity (Wildman–Crippen MR) is 87.8 cm³/mol. The highest BCUT2D eigenvalue weighted by Crippen LogP contribution is 2.14. The number of hydrogen-bond acceptors (Lipinski definition) is 2. The third kappa shape index (κ3) is 9.45. The SMILES string of the molecule is CCCCCC(CCCCC)NCC(C)(C)N(C)C. The fraction of sp³-hybridized carbons (Fsp3) is 1.00. The van der Waals surface area contributed by atoms with Crippen molar-refractivity contribution in [2.24, 2.45) is 0 Å². The van der Waals surface area contributed by atoms with Crippen molar-refractivity contribution in [2.75, 3.05) is 20.6 Å². The van der Waals surface area contributed by atoms with Gasteiger partial charge in [0.05, 0.1) is 0 Å². The number of unbranched alkanes of at least 4 members (excludes halogenated alkanes) is 4. The molecule has 0 spiro atoms. The molecule has 0 saturated heterocycles. The van der Waals surface area contributed by atoms with E-state index in [1.54, 1.807) is 0 Å². The van der Waals surface area contributed by atoms with Gasteiger partial charge in [-0.1, -0.05) is 52.4 Å². The fourth-order valence-corrected chi connectivity index (χ4v) is 2.18. The lowest BCUT2D eigenvalue weighted by atomic mass is 9.99. The van der Waals surface area contributed by atoms with Gasteiger partial charge in [0.1, 0.15) is 0 Å². The number of nitrogens with one attached hydrogen (secondary N) is 1. The lowest BCUT2D eigenvalue weighted by Gasteiger charge is -2.34. The fourth-order valence-electron chi connectivity index (χ4n) is 2.18. The van der Waals surface area contributed by atoms with E-state index in [1.807, 2.05) is 0 Å². The van der Waals surface area contributed by atoms with E-state index in [0.717, 1.165) is 12.6 Å². The summed E-state index contributed by atoms with van der Waals surface area (Å²) < 4.78 is 0. The maximum atomic E-state index is 3.82. The molecule has 0 aromatic rings. The number of rotatable bonds is 12. The first-order chi connectivity index (χ1) is 8.94. The molecule has 2 nitrogen and oxygen atoms in total. The minimum absolute atomic E-state index is 0.244. The maximum absolute atomic E-state index is 3.82. The summed E-state index contributed by atoms with van der Waals surface area (Å²) in [5.41, 5.74) is 0.244. The van der Waals surface area contributed by atoms with E-state index in [4.69, 9.17) is 0 Å². The molecule has 116 valence electrons. The molecule has 0 atom stereocenters. The second-order valence-corrected chi connectivity index (χ2v) is 6.78. The predicted octanol–water partition coefficient (Wildman–Crippen LogP) is 4.45. The Labute approximate surface area is 122 Å². The monoisotopic (exact) mass is 270 g/mol. The van der Waals surface area contributed by atoms with Crippen molar-refractivity contribution in [1.82, 2.24) is 10.2 Å². The Hall–Kier alpha value is -0.0800. The van der Waals surface area contributed by atoms with Crippen molar-refractivity contribution in [1.29, 1.82) is 0 Å². The zero-order chi connectivity index (χ0) is 14.7. The molecule has 0 aromatic heterocycles. The Morgan fingerprint density at radius 2 is 1.37 bits per heavy atom. The normalized spacial score (nSPS) is 12.6. The molecular weight excluding hydrogens is 232 g/mol. The van der Waals surface area contributed by atoms with E-state index in [0.29, 0.717) is 0 Å². The minimum Gasteiger partial charge on any atom is -0.312 e. The molecule has 0 aliphatic heterocycles. The third-order valence-corrected chi connectivity index (χ3v) is 4.35. The lowest BCUT2D eigenvalue weighted by molar-refractivity contribution is 0.181. The average Bonchev–Trinajstić information content (AvgIpc) is 2.35. The highest BCUT2D eigenvalue weighted by atomic mass is 15.2. The molecule has 0 amide bonds. The molecule has 0 rings (SSSR count). The van der Waals surface area contributed by atoms with Crippen LogP contribution in [0.1, 0.15) is 79.1 Å². The van der Waals surface area contributed by atoms with Crippen LogP contribution in [0.5, 0.6) is 0 Å². The maximum Gasteiger partial charge on any atom is 0.0271 e. The highest BCUT2D eigenvalue weighted by molar-refractivity contribution is 4.82. The summed E-state index contributed by atoms with van der Waals surface area (Å²) in [7, 11) is 4.34. The van der Waals surface area contributed by atoms with Crippen LogP contribution >= 0.6 is 0 Å². The second-order valence-electron chi connectivity index (χ2n) is 6.78. The smallest absolute Gasteiger partial charge is 0.0271 e. The van der Waals surface area contributed by atoms with Gasteiger partial charge in [0, 0.05) is 18.1 Å². The van der Waals surface area contributed by atoms with Crippen molar-refractivity contribution in [2.45, 2.75) is 90.6 Å². The van der Waals surface area contributed by atoms with Crippen LogP contribution in [-0.4, -0.2) is 37.1 Å². The third-order valence-electron chi connectivity index (χ3n) is 4.35. The summed E-state index contributed by atoms with van der Waals surface area (Å²) in [6, 6.07) is 0.720. The summed E-state index contributed by atoms with van der Waals surface area (Å²) in [6.07, 6.45) is 10.9. The van der Waals surface area contributed by atoms with Crippen LogP contribution in [0, 0.1) is 0 Å². The van der Waals surface area contributed by atoms with Gasteiger partial charge in [-0.2, -0.15) is 0 Å². The van der Waals surface area contributed by atoms with Crippen molar-refractivity contribution in [3.8, 4) is 0 Å². The molecule has 0 saturated carbocycles. The Morgan fingerprint density at radius 3 is 1.74 bits per heavy atom. The van der Waals surface area contributed by atoms with E-state index in [9.17, 15) is 0 Å². The summed E-state index contributed by atoms with van der Waals surface area (Å²) in [5, 5.41) is 3.82. The molecule has 0 fully saturated rings. The van der Waals surface area contributed by atoms with Crippen LogP contribution in [0.3, 0.4) is 0 Å². The summed E-state index contributed by atoms with van der Waals surface area (Å²) >= 11 is 0. The van der Waals surface area contributed by atoms with Crippen LogP contribution in [0.2, 0.25) is 0 Å². The zero-order valence-electron chi connectivity index (χ0n) is 14.4. The molecule has 2 heteroatoms. The molecule has 0 unspecified atom stereocenters. The molecule has 0 aromatic carbocycles. The van der Waals surface area contributed by atoms with Crippen LogP contribution in [-0.2, 0) is 0 Å². The highest BCUT2D eigenvalue weighted by Gasteiger charge is 2.21. The first-order valence-electron chi connectivity index (χ1n) is 8.34. The van der Waals surface area contributed by atoms with Gasteiger partial charge < -0.3 is 10.2 Å². The van der Waals surface area contributed by atoms with Gasteiger partial charge in [-0.15, -0.1) is 0 Å². The summed E-state index contributed by atoms with van der Waals surface area (Å²) in [4.78, 5) is 2.31. The largest absolute Gasteiger partial charge is 0.312 e. The Kier molecular flexibility index (Phi) is 10.6. The van der Waals surface area contributed by atoms with Gasteiger partial charge in [0.2, 0.25) is 0 Å². The molecule has 0 heterocycles. The molecule has 0 aliphatic rings. The van der Waals surface area contributed by atoms with Gasteiger partial charge in [0.25, 0.3) is 0 Å². The molecule has 0 radical (unpaired) electrons. The second kappa shape index (κ2) is 10.7. The average molecular weight is 271 g/mol. The first-order valence-corrected chi connectivity index (χ1v) is 8.34. The van der Waals surface area contributed by atoms with Crippen LogP contribution < -0.4 is 5.32 Å². The Balaban J connectivity index is 4.08. The summed E-state index contributed by atoms with van der Waals surface area (Å²) in [5.74, 6) is 0. The van der Waals surface area contributed by atoms with E-state index in [1.165, 1.54) is 51.4 Å². The van der Waals surface area contributed by atoms with Gasteiger partial charge in [0.15, 0.2) is 0 Å². The van der Waals surface area contributed by atoms with Crippen LogP contribution in [0.15, 0.2) is 0 Å². The molecule has 0 bridgehead atoms. The van der Waals surface area contributed by atoms with Crippen LogP contribution in [0.4, 0.5) is 0 Å². The van der Waals surface area contributed by atoms with Crippen LogP contribution in [0.25, 0.3) is 0 Å². The molecule has 0 aliphatic carbocycles. The lowest BCUT2D eigenvalue weighted by Crippen LogP contribution is -2.49. The van der Waals surface area contributed by atoms with Crippen molar-refractivity contribution < 1.29 is 0 Å². The number of likely N-dealkylation sites (N-methyl/N-ethyl adjacent to an activating group) is 1. The summed E-state index contributed by atoms with van der Waals surface area (Å²) in [6.45, 7) is 10.3. The van der Waals surface area contributed by atoms with Gasteiger partial charge >= 0.3 is 0 Å². The topological polar surface area (TPSA) is 15.3 Å². The van der Waals surface area contributed by atoms with Crippen molar-refractivity contribution in [3.05, 3.63) is 0 Å². The van der Waals surface area contributed by atoms with E-state index in [2.05, 4.69) is 52.0 Å². The van der Waals surface area contributed by atoms with Gasteiger partial charge in [-0.3, -0.25) is 0 Å². The van der Waals surface area contributed by atoms with Crippen molar-refractivity contribution >= 4 is 0 Å². The minimum atomic E-state index is 0.244. The first kappa shape index (κ1) is 18.9. The molecule has 1 N–H and O–H groups in total. The Morgan fingerprint density at radius 1 is 0.895 bits per heavy atom. The zero-order valence-corrected chi connectivity index (χ0v) is 14.4.